The summed E-state index contributed by atoms with van der Waals surface area (Å²) in [7, 11) is 4.50. The Morgan fingerprint density at radius 2 is 1.71 bits per heavy atom. The molecule has 28 heavy (non-hydrogen) atoms. The van der Waals surface area contributed by atoms with Crippen LogP contribution in [0.5, 0.6) is 0 Å². The minimum Gasteiger partial charge on any atom is -0.357 e. The van der Waals surface area contributed by atoms with Gasteiger partial charge in [-0.3, -0.25) is 4.90 Å². The highest BCUT2D eigenvalue weighted by molar-refractivity contribution is 5.85. The first-order valence-electron chi connectivity index (χ1n) is 10.6. The Hall–Kier alpha value is -2.10. The summed E-state index contributed by atoms with van der Waals surface area (Å²) >= 11 is 0. The molecule has 3 heteroatoms. The number of nitrogens with zero attached hydrogens (tertiary/aromatic N) is 1. The summed E-state index contributed by atoms with van der Waals surface area (Å²) in [5.74, 6) is 0.538. The van der Waals surface area contributed by atoms with Gasteiger partial charge in [-0.15, -0.1) is 0 Å². The van der Waals surface area contributed by atoms with E-state index in [2.05, 4.69) is 90.8 Å². The smallest absolute Gasteiger partial charge is 0.0617 e. The molecule has 2 aliphatic rings. The molecule has 2 N–H and O–H groups in total. The van der Waals surface area contributed by atoms with Crippen LogP contribution in [0, 0.1) is 5.92 Å². The van der Waals surface area contributed by atoms with Crippen molar-refractivity contribution in [1.82, 2.24) is 15.2 Å². The highest BCUT2D eigenvalue weighted by Crippen LogP contribution is 2.53. The summed E-state index contributed by atoms with van der Waals surface area (Å²) in [6.07, 6.45) is 4.59. The van der Waals surface area contributed by atoms with E-state index >= 15 is 0 Å². The average molecular weight is 374 g/mol. The molecule has 1 aromatic heterocycles. The second-order valence-corrected chi connectivity index (χ2v) is 9.07. The molecule has 3 unspecified atom stereocenters. The zero-order valence-corrected chi connectivity index (χ0v) is 17.3. The fourth-order valence-corrected chi connectivity index (χ4v) is 6.08. The maximum Gasteiger partial charge on any atom is 0.0617 e. The first kappa shape index (κ1) is 18.0. The van der Waals surface area contributed by atoms with Crippen molar-refractivity contribution in [1.29, 1.82) is 0 Å². The minimum atomic E-state index is 0.0564. The third-order valence-corrected chi connectivity index (χ3v) is 7.66. The lowest BCUT2D eigenvalue weighted by atomic mass is 9.61. The van der Waals surface area contributed by atoms with E-state index in [1.165, 1.54) is 22.2 Å². The fraction of sp³-hybridized carbons (Fsp3) is 0.440. The molecule has 1 saturated carbocycles. The van der Waals surface area contributed by atoms with Crippen LogP contribution in [0.15, 0.2) is 54.6 Å². The van der Waals surface area contributed by atoms with Crippen LogP contribution >= 0.6 is 0 Å². The zero-order chi connectivity index (χ0) is 19.4. The molecule has 3 aromatic rings. The number of aromatic nitrogens is 1. The van der Waals surface area contributed by atoms with E-state index in [9.17, 15) is 0 Å². The molecule has 1 aliphatic carbocycles. The number of hydrogen-bond donors (Lipinski definition) is 2. The quantitative estimate of drug-likeness (QED) is 0.677. The monoisotopic (exact) mass is 373 g/mol. The van der Waals surface area contributed by atoms with E-state index in [4.69, 9.17) is 0 Å². The largest absolute Gasteiger partial charge is 0.357 e. The van der Waals surface area contributed by atoms with Gasteiger partial charge in [0.2, 0.25) is 0 Å². The second-order valence-electron chi connectivity index (χ2n) is 9.07. The molecule has 1 aliphatic heterocycles. The molecule has 3 atom stereocenters. The van der Waals surface area contributed by atoms with Gasteiger partial charge < -0.3 is 10.3 Å². The minimum absolute atomic E-state index is 0.0564. The number of H-pyrrole nitrogens is 1. The van der Waals surface area contributed by atoms with E-state index in [1.54, 1.807) is 5.56 Å². The van der Waals surface area contributed by atoms with Crippen LogP contribution in [0.3, 0.4) is 0 Å². The molecule has 0 amide bonds. The highest BCUT2D eigenvalue weighted by atomic mass is 15.2. The first-order valence-corrected chi connectivity index (χ1v) is 10.6. The van der Waals surface area contributed by atoms with Crippen molar-refractivity contribution in [3.05, 3.63) is 71.4 Å². The molecule has 0 bridgehead atoms. The summed E-state index contributed by atoms with van der Waals surface area (Å²) < 4.78 is 0. The normalized spacial score (nSPS) is 30.1. The molecule has 1 fully saturated rings. The Labute approximate surface area is 168 Å². The number of para-hydroxylation sites is 1. The number of fused-ring (bicyclic) bond motifs is 4. The van der Waals surface area contributed by atoms with E-state index < -0.39 is 0 Å². The molecule has 0 saturated heterocycles. The summed E-state index contributed by atoms with van der Waals surface area (Å²) in [5, 5.41) is 5.39. The lowest BCUT2D eigenvalue weighted by molar-refractivity contribution is 0.00953. The van der Waals surface area contributed by atoms with Gasteiger partial charge >= 0.3 is 0 Å². The Morgan fingerprint density at radius 1 is 0.964 bits per heavy atom. The summed E-state index contributed by atoms with van der Waals surface area (Å²) in [4.78, 5) is 6.29. The van der Waals surface area contributed by atoms with Crippen LogP contribution < -0.4 is 5.32 Å². The van der Waals surface area contributed by atoms with Crippen molar-refractivity contribution in [2.24, 2.45) is 5.92 Å². The molecule has 2 heterocycles. The molecule has 1 spiro atoms. The van der Waals surface area contributed by atoms with Gasteiger partial charge in [0.05, 0.1) is 5.54 Å². The van der Waals surface area contributed by atoms with Crippen LogP contribution in [0.25, 0.3) is 10.9 Å². The van der Waals surface area contributed by atoms with Crippen LogP contribution in [-0.4, -0.2) is 30.5 Å². The summed E-state index contributed by atoms with van der Waals surface area (Å²) in [6, 6.07) is 19.9. The van der Waals surface area contributed by atoms with Gasteiger partial charge in [-0.2, -0.15) is 0 Å². The maximum atomic E-state index is 3.98. The van der Waals surface area contributed by atoms with Crippen LogP contribution in [0.2, 0.25) is 0 Å². The van der Waals surface area contributed by atoms with E-state index in [0.717, 1.165) is 32.2 Å². The van der Waals surface area contributed by atoms with E-state index in [-0.39, 0.29) is 11.1 Å². The van der Waals surface area contributed by atoms with E-state index in [1.807, 2.05) is 0 Å². The predicted molar refractivity (Wildman–Crippen MR) is 117 cm³/mol. The maximum absolute atomic E-state index is 3.98. The fourth-order valence-electron chi connectivity index (χ4n) is 6.08. The number of aromatic amines is 1. The standard InChI is InChI=1S/C25H31N3/c1-18-17-24(28(2)3,19-9-5-4-6-10-19)14-15-25(18)23-21(13-16-26-25)20-11-7-8-12-22(20)27-23/h4-12,18,26-27H,13-17H2,1-3H3. The van der Waals surface area contributed by atoms with Gasteiger partial charge in [0, 0.05) is 28.7 Å². The van der Waals surface area contributed by atoms with Gasteiger partial charge in [-0.05, 0) is 62.9 Å². The number of rotatable bonds is 2. The number of benzene rings is 2. The third-order valence-electron chi connectivity index (χ3n) is 7.66. The van der Waals surface area contributed by atoms with Crippen LogP contribution in [0.4, 0.5) is 0 Å². The predicted octanol–water partition coefficient (Wildman–Crippen LogP) is 4.79. The van der Waals surface area contributed by atoms with Gasteiger partial charge in [0.1, 0.15) is 0 Å². The van der Waals surface area contributed by atoms with Crippen molar-refractivity contribution >= 4 is 10.9 Å². The SMILES string of the molecule is CC1CC(c2ccccc2)(N(C)C)CCC12NCCc1c2[nH]c2ccccc12. The molecule has 0 radical (unpaired) electrons. The number of hydrogen-bond acceptors (Lipinski definition) is 2. The second kappa shape index (κ2) is 6.47. The molecular weight excluding hydrogens is 342 g/mol. The molecular formula is C25H31N3. The summed E-state index contributed by atoms with van der Waals surface area (Å²) in [5.41, 5.74) is 5.90. The van der Waals surface area contributed by atoms with Crippen molar-refractivity contribution in [2.45, 2.75) is 43.7 Å². The van der Waals surface area contributed by atoms with Gasteiger partial charge in [0.25, 0.3) is 0 Å². The molecule has 5 rings (SSSR count). The Bertz CT molecular complexity index is 989. The lowest BCUT2D eigenvalue weighted by Gasteiger charge is -2.55. The Balaban J connectivity index is 1.58. The van der Waals surface area contributed by atoms with Crippen LogP contribution in [0.1, 0.15) is 43.0 Å². The first-order chi connectivity index (χ1) is 13.6. The zero-order valence-electron chi connectivity index (χ0n) is 17.3. The Kier molecular flexibility index (Phi) is 4.15. The van der Waals surface area contributed by atoms with Crippen molar-refractivity contribution in [3.8, 4) is 0 Å². The van der Waals surface area contributed by atoms with Gasteiger partial charge in [-0.1, -0.05) is 55.5 Å². The van der Waals surface area contributed by atoms with Crippen molar-refractivity contribution in [2.75, 3.05) is 20.6 Å². The highest BCUT2D eigenvalue weighted by Gasteiger charge is 2.52. The molecule has 146 valence electrons. The average Bonchev–Trinajstić information content (AvgIpc) is 3.11. The molecule has 2 aromatic carbocycles. The van der Waals surface area contributed by atoms with Gasteiger partial charge in [0.15, 0.2) is 0 Å². The Morgan fingerprint density at radius 3 is 2.46 bits per heavy atom. The summed E-state index contributed by atoms with van der Waals surface area (Å²) in [6.45, 7) is 3.52. The van der Waals surface area contributed by atoms with E-state index in [0.29, 0.717) is 5.92 Å². The topological polar surface area (TPSA) is 31.1 Å². The van der Waals surface area contributed by atoms with Crippen LogP contribution in [-0.2, 0) is 17.5 Å². The number of nitrogens with one attached hydrogen (secondary N) is 2. The van der Waals surface area contributed by atoms with Crippen molar-refractivity contribution in [3.63, 3.8) is 0 Å². The molecule has 3 nitrogen and oxygen atoms in total. The van der Waals surface area contributed by atoms with Crippen molar-refractivity contribution < 1.29 is 0 Å². The third kappa shape index (κ3) is 2.42. The lowest BCUT2D eigenvalue weighted by Crippen LogP contribution is -2.59. The van der Waals surface area contributed by atoms with Gasteiger partial charge in [-0.25, -0.2) is 0 Å².